The number of hydrogen-bond donors (Lipinski definition) is 0. The Morgan fingerprint density at radius 2 is 1.94 bits per heavy atom. The monoisotopic (exact) mass is 273 g/mol. The van der Waals surface area contributed by atoms with Crippen molar-refractivity contribution in [1.29, 1.82) is 0 Å². The van der Waals surface area contributed by atoms with Crippen LogP contribution in [0.25, 0.3) is 0 Å². The van der Waals surface area contributed by atoms with Gasteiger partial charge in [-0.15, -0.1) is 0 Å². The number of nitrogens with zero attached hydrogens (tertiary/aromatic N) is 3. The van der Waals surface area contributed by atoms with Crippen molar-refractivity contribution in [1.82, 2.24) is 14.9 Å². The molecule has 0 N–H and O–H groups in total. The number of hydrogen-bond acceptors (Lipinski definition) is 3. The quantitative estimate of drug-likeness (QED) is 0.611. The number of likely N-dealkylation sites (tertiary alicyclic amines) is 1. The zero-order valence-electron chi connectivity index (χ0n) is 10.2. The fourth-order valence-corrected chi connectivity index (χ4v) is 2.81. The Kier molecular flexibility index (Phi) is 4.23. The van der Waals surface area contributed by atoms with Gasteiger partial charge in [-0.05, 0) is 57.3 Å². The number of piperidine rings is 1. The molecule has 17 heavy (non-hydrogen) atoms. The van der Waals surface area contributed by atoms with Crippen LogP contribution in [-0.4, -0.2) is 34.0 Å². The molecule has 0 amide bonds. The van der Waals surface area contributed by atoms with Gasteiger partial charge in [0.25, 0.3) is 0 Å². The van der Waals surface area contributed by atoms with Crippen LogP contribution in [0.3, 0.4) is 0 Å². The van der Waals surface area contributed by atoms with Crippen molar-refractivity contribution in [3.05, 3.63) is 22.2 Å². The van der Waals surface area contributed by atoms with E-state index in [0.29, 0.717) is 17.1 Å². The van der Waals surface area contributed by atoms with Crippen molar-refractivity contribution in [3.8, 4) is 0 Å². The molecule has 2 rings (SSSR count). The van der Waals surface area contributed by atoms with Gasteiger partial charge in [0.05, 0.1) is 0 Å². The first-order valence-electron chi connectivity index (χ1n) is 6.00. The lowest BCUT2D eigenvalue weighted by Crippen LogP contribution is -2.37. The number of halogens is 2. The highest BCUT2D eigenvalue weighted by Gasteiger charge is 2.24. The van der Waals surface area contributed by atoms with Gasteiger partial charge in [0, 0.05) is 17.8 Å². The van der Waals surface area contributed by atoms with E-state index in [1.165, 1.54) is 0 Å². The summed E-state index contributed by atoms with van der Waals surface area (Å²) in [6.07, 6.45) is 4.00. The van der Waals surface area contributed by atoms with Gasteiger partial charge >= 0.3 is 0 Å². The number of rotatable bonds is 2. The molecule has 0 radical (unpaired) electrons. The molecule has 0 unspecified atom stereocenters. The maximum Gasteiger partial charge on any atom is 0.223 e. The van der Waals surface area contributed by atoms with Crippen LogP contribution in [0.5, 0.6) is 0 Å². The topological polar surface area (TPSA) is 29.0 Å². The summed E-state index contributed by atoms with van der Waals surface area (Å²) < 4.78 is 0. The van der Waals surface area contributed by atoms with Gasteiger partial charge in [-0.2, -0.15) is 0 Å². The summed E-state index contributed by atoms with van der Waals surface area (Å²) in [5, 5.41) is 0.728. The second-order valence-electron chi connectivity index (χ2n) is 4.79. The van der Waals surface area contributed by atoms with Gasteiger partial charge < -0.3 is 4.90 Å². The molecule has 0 bridgehead atoms. The van der Waals surface area contributed by atoms with E-state index >= 15 is 0 Å². The Morgan fingerprint density at radius 3 is 2.47 bits per heavy atom. The Hall–Kier alpha value is -0.380. The summed E-state index contributed by atoms with van der Waals surface area (Å²) in [4.78, 5) is 10.5. The van der Waals surface area contributed by atoms with Crippen LogP contribution in [0.1, 0.15) is 38.2 Å². The Morgan fingerprint density at radius 1 is 1.29 bits per heavy atom. The lowest BCUT2D eigenvalue weighted by Gasteiger charge is -2.34. The largest absolute Gasteiger partial charge is 0.301 e. The van der Waals surface area contributed by atoms with E-state index < -0.39 is 0 Å². The molecule has 94 valence electrons. The maximum atomic E-state index is 6.11. The standard InChI is InChI=1S/C12H17Cl2N3/c1-8(2)17-5-3-9(4-6-17)10-7-15-12(14)16-11(10)13/h7-9H,3-6H2,1-2H3. The zero-order valence-corrected chi connectivity index (χ0v) is 11.7. The van der Waals surface area contributed by atoms with Crippen molar-refractivity contribution in [3.63, 3.8) is 0 Å². The van der Waals surface area contributed by atoms with Crippen LogP contribution in [0, 0.1) is 0 Å². The third-order valence-electron chi connectivity index (χ3n) is 3.44. The van der Waals surface area contributed by atoms with Gasteiger partial charge in [-0.3, -0.25) is 0 Å². The van der Waals surface area contributed by atoms with Gasteiger partial charge in [0.1, 0.15) is 5.15 Å². The highest BCUT2D eigenvalue weighted by Crippen LogP contribution is 2.32. The molecule has 1 aromatic rings. The first-order chi connectivity index (χ1) is 8.08. The zero-order chi connectivity index (χ0) is 12.4. The molecular formula is C12H17Cl2N3. The van der Waals surface area contributed by atoms with Gasteiger partial charge in [0.2, 0.25) is 5.28 Å². The van der Waals surface area contributed by atoms with Crippen molar-refractivity contribution in [2.75, 3.05) is 13.1 Å². The summed E-state index contributed by atoms with van der Waals surface area (Å²) in [5.74, 6) is 0.467. The molecule has 1 fully saturated rings. The van der Waals surface area contributed by atoms with Crippen molar-refractivity contribution in [2.24, 2.45) is 0 Å². The molecule has 3 nitrogen and oxygen atoms in total. The minimum Gasteiger partial charge on any atom is -0.301 e. The second-order valence-corrected chi connectivity index (χ2v) is 5.49. The van der Waals surface area contributed by atoms with E-state index in [2.05, 4.69) is 28.7 Å². The molecule has 0 aromatic carbocycles. The summed E-state index contributed by atoms with van der Waals surface area (Å²) >= 11 is 11.8. The highest BCUT2D eigenvalue weighted by molar-refractivity contribution is 6.32. The van der Waals surface area contributed by atoms with Crippen LogP contribution < -0.4 is 0 Å². The lowest BCUT2D eigenvalue weighted by molar-refractivity contribution is 0.171. The summed E-state index contributed by atoms with van der Waals surface area (Å²) in [7, 11) is 0. The van der Waals surface area contributed by atoms with Gasteiger partial charge in [0.15, 0.2) is 0 Å². The van der Waals surface area contributed by atoms with Crippen LogP contribution >= 0.6 is 23.2 Å². The highest BCUT2D eigenvalue weighted by atomic mass is 35.5. The predicted octanol–water partition coefficient (Wildman–Crippen LogP) is 3.37. The van der Waals surface area contributed by atoms with Crippen LogP contribution in [0.2, 0.25) is 10.4 Å². The Bertz CT molecular complexity index is 387. The van der Waals surface area contributed by atoms with E-state index in [4.69, 9.17) is 23.2 Å². The molecule has 1 aliphatic heterocycles. The van der Waals surface area contributed by atoms with Crippen molar-refractivity contribution >= 4 is 23.2 Å². The Balaban J connectivity index is 2.05. The van der Waals surface area contributed by atoms with Crippen molar-refractivity contribution in [2.45, 2.75) is 38.6 Å². The van der Waals surface area contributed by atoms with Gasteiger partial charge in [-0.25, -0.2) is 9.97 Å². The minimum atomic E-state index is 0.221. The van der Waals surface area contributed by atoms with E-state index in [-0.39, 0.29) is 5.28 Å². The molecule has 1 saturated heterocycles. The molecule has 0 aliphatic carbocycles. The molecule has 5 heteroatoms. The average molecular weight is 274 g/mol. The first-order valence-corrected chi connectivity index (χ1v) is 6.75. The first kappa shape index (κ1) is 13.1. The van der Waals surface area contributed by atoms with E-state index in [1.54, 1.807) is 6.20 Å². The molecule has 0 atom stereocenters. The molecule has 2 heterocycles. The smallest absolute Gasteiger partial charge is 0.223 e. The van der Waals surface area contributed by atoms with Gasteiger partial charge in [-0.1, -0.05) is 11.6 Å². The molecule has 1 aromatic heterocycles. The molecular weight excluding hydrogens is 257 g/mol. The second kappa shape index (κ2) is 5.51. The minimum absolute atomic E-state index is 0.221. The van der Waals surface area contributed by atoms with Crippen LogP contribution in [0.4, 0.5) is 0 Å². The van der Waals surface area contributed by atoms with Crippen molar-refractivity contribution < 1.29 is 0 Å². The SMILES string of the molecule is CC(C)N1CCC(c2cnc(Cl)nc2Cl)CC1. The Labute approximate surface area is 112 Å². The molecule has 0 saturated carbocycles. The van der Waals surface area contributed by atoms with Crippen LogP contribution in [-0.2, 0) is 0 Å². The third kappa shape index (κ3) is 3.09. The van der Waals surface area contributed by atoms with E-state index in [1.807, 2.05) is 0 Å². The maximum absolute atomic E-state index is 6.11. The summed E-state index contributed by atoms with van der Waals surface area (Å²) in [5.41, 5.74) is 1.04. The fourth-order valence-electron chi connectivity index (χ4n) is 2.35. The summed E-state index contributed by atoms with van der Waals surface area (Å²) in [6, 6.07) is 0.618. The lowest BCUT2D eigenvalue weighted by atomic mass is 9.91. The third-order valence-corrected chi connectivity index (χ3v) is 3.92. The molecule has 1 aliphatic rings. The van der Waals surface area contributed by atoms with Crippen LogP contribution in [0.15, 0.2) is 6.20 Å². The predicted molar refractivity (Wildman–Crippen MR) is 70.7 cm³/mol. The molecule has 0 spiro atoms. The van der Waals surface area contributed by atoms with E-state index in [9.17, 15) is 0 Å². The summed E-state index contributed by atoms with van der Waals surface area (Å²) in [6.45, 7) is 6.69. The van der Waals surface area contributed by atoms with E-state index in [0.717, 1.165) is 31.5 Å². The normalized spacial score (nSPS) is 18.9. The fraction of sp³-hybridized carbons (Fsp3) is 0.667. The number of aromatic nitrogens is 2. The average Bonchev–Trinajstić information content (AvgIpc) is 2.29.